The summed E-state index contributed by atoms with van der Waals surface area (Å²) in [7, 11) is 0. The van der Waals surface area contributed by atoms with Crippen LogP contribution in [0.15, 0.2) is 200 Å². The van der Waals surface area contributed by atoms with E-state index in [9.17, 15) is 0 Å². The van der Waals surface area contributed by atoms with Crippen molar-refractivity contribution in [1.29, 1.82) is 0 Å². The maximum atomic E-state index is 7.28. The molecule has 3 nitrogen and oxygen atoms in total. The highest BCUT2D eigenvalue weighted by Crippen LogP contribution is 2.63. The molecule has 3 heteroatoms. The number of aromatic nitrogens is 1. The topological polar surface area (TPSA) is 17.4 Å². The maximum Gasteiger partial charge on any atom is 0.156 e. The fourth-order valence-corrected chi connectivity index (χ4v) is 10.1. The lowest BCUT2D eigenvalue weighted by molar-refractivity contribution is 0.440. The van der Waals surface area contributed by atoms with Gasteiger partial charge in [0.25, 0.3) is 0 Å². The van der Waals surface area contributed by atoms with Crippen LogP contribution in [-0.4, -0.2) is 4.57 Å². The molecule has 0 saturated carbocycles. The van der Waals surface area contributed by atoms with Gasteiger partial charge in [-0.1, -0.05) is 152 Å². The lowest BCUT2D eigenvalue weighted by Gasteiger charge is -2.39. The van der Waals surface area contributed by atoms with E-state index in [1.165, 1.54) is 50.0 Å². The van der Waals surface area contributed by atoms with Gasteiger partial charge in [-0.25, -0.2) is 0 Å². The zero-order valence-corrected chi connectivity index (χ0v) is 30.6. The highest BCUT2D eigenvalue weighted by atomic mass is 16.5. The van der Waals surface area contributed by atoms with Gasteiger partial charge < -0.3 is 14.2 Å². The van der Waals surface area contributed by atoms with Gasteiger partial charge in [0, 0.05) is 62.4 Å². The van der Waals surface area contributed by atoms with Crippen molar-refractivity contribution in [2.45, 2.75) is 11.3 Å². The molecule has 12 rings (SSSR count). The highest BCUT2D eigenvalue weighted by Gasteiger charge is 2.52. The number of rotatable bonds is 4. The molecule has 4 aliphatic rings. The largest absolute Gasteiger partial charge is 0.454 e. The Labute approximate surface area is 326 Å². The molecule has 3 aliphatic carbocycles. The number of hydrogen-bond donors (Lipinski definition) is 0. The molecule has 1 spiro atoms. The van der Waals surface area contributed by atoms with E-state index >= 15 is 0 Å². The first kappa shape index (κ1) is 31.3. The third-order valence-corrected chi connectivity index (χ3v) is 12.4. The standard InChI is InChI=1S/C53H36N2O/c1-3-16-36(17-4-1)54(37-18-5-2-6-19-37)38-28-30-39(31-29-38)55-50-40-20-8-7-15-35(40)27-32-43(50)44-33-34-48-52(51(44)55)56-49-26-14-13-25-47(49)53(48)45-23-11-9-21-41(45)42-22-10-12-24-46(42)53/h1-35,40H. The van der Waals surface area contributed by atoms with Crippen molar-refractivity contribution < 1.29 is 4.74 Å². The van der Waals surface area contributed by atoms with Gasteiger partial charge in [0.2, 0.25) is 0 Å². The predicted molar refractivity (Wildman–Crippen MR) is 229 cm³/mol. The van der Waals surface area contributed by atoms with Crippen LogP contribution in [0, 0.1) is 5.92 Å². The van der Waals surface area contributed by atoms with Crippen LogP contribution in [0.1, 0.15) is 39.4 Å². The molecule has 0 saturated heterocycles. The Hall–Kier alpha value is -7.10. The molecule has 8 aromatic rings. The predicted octanol–water partition coefficient (Wildman–Crippen LogP) is 13.4. The molecule has 1 aliphatic heterocycles. The van der Waals surface area contributed by atoms with Gasteiger partial charge in [0.15, 0.2) is 5.75 Å². The fraction of sp³-hybridized carbons (Fsp3) is 0.0566. The molecule has 2 heterocycles. The van der Waals surface area contributed by atoms with Crippen molar-refractivity contribution in [3.05, 3.63) is 234 Å². The first-order valence-corrected chi connectivity index (χ1v) is 19.5. The van der Waals surface area contributed by atoms with Crippen molar-refractivity contribution in [2.24, 2.45) is 5.92 Å². The van der Waals surface area contributed by atoms with E-state index in [-0.39, 0.29) is 11.8 Å². The van der Waals surface area contributed by atoms with Crippen molar-refractivity contribution in [3.63, 3.8) is 0 Å². The molecule has 264 valence electrons. The number of nitrogens with zero attached hydrogens (tertiary/aromatic N) is 2. The van der Waals surface area contributed by atoms with Gasteiger partial charge in [-0.2, -0.15) is 0 Å². The molecule has 0 amide bonds. The number of ether oxygens (including phenoxy) is 1. The molecule has 2 unspecified atom stereocenters. The average Bonchev–Trinajstić information content (AvgIpc) is 3.77. The number of anilines is 3. The summed E-state index contributed by atoms with van der Waals surface area (Å²) in [5, 5.41) is 1.20. The normalized spacial score (nSPS) is 17.4. The average molecular weight is 717 g/mol. The van der Waals surface area contributed by atoms with Crippen LogP contribution in [0.3, 0.4) is 0 Å². The molecule has 56 heavy (non-hydrogen) atoms. The van der Waals surface area contributed by atoms with Crippen LogP contribution in [0.2, 0.25) is 0 Å². The van der Waals surface area contributed by atoms with Gasteiger partial charge in [-0.15, -0.1) is 0 Å². The lowest BCUT2D eigenvalue weighted by Crippen LogP contribution is -2.32. The molecule has 0 fully saturated rings. The van der Waals surface area contributed by atoms with Crippen LogP contribution in [0.25, 0.3) is 33.8 Å². The van der Waals surface area contributed by atoms with Crippen LogP contribution >= 0.6 is 0 Å². The van der Waals surface area contributed by atoms with E-state index in [1.807, 2.05) is 0 Å². The molecule has 7 aromatic carbocycles. The summed E-state index contributed by atoms with van der Waals surface area (Å²) in [6.45, 7) is 0. The number of allylic oxidation sites excluding steroid dienone is 5. The van der Waals surface area contributed by atoms with Gasteiger partial charge in [0.05, 0.1) is 10.9 Å². The second-order valence-corrected chi connectivity index (χ2v) is 15.2. The second kappa shape index (κ2) is 11.9. The number of para-hydroxylation sites is 3. The smallest absolute Gasteiger partial charge is 0.156 e. The minimum atomic E-state index is -0.539. The Balaban J connectivity index is 1.14. The first-order chi connectivity index (χ1) is 27.8. The zero-order valence-electron chi connectivity index (χ0n) is 30.6. The molecule has 0 N–H and O–H groups in total. The SMILES string of the molecule is C1=CC2C=Cc3c(n(-c4ccc(N(c5ccccc5)c5ccccc5)cc4)c4c5c(ccc34)C3(c4ccccc4O5)c4ccccc4-c4ccccc43)C2C=C1. The minimum absolute atomic E-state index is 0.186. The van der Waals surface area contributed by atoms with E-state index in [2.05, 4.69) is 216 Å². The Bertz CT molecular complexity index is 2870. The molecular formula is C53H36N2O. The quantitative estimate of drug-likeness (QED) is 0.180. The van der Waals surface area contributed by atoms with Crippen LogP contribution in [0.4, 0.5) is 17.1 Å². The summed E-state index contributed by atoms with van der Waals surface area (Å²) in [6, 6.07) is 61.6. The van der Waals surface area contributed by atoms with E-state index < -0.39 is 5.41 Å². The zero-order chi connectivity index (χ0) is 36.8. The Kier molecular flexibility index (Phi) is 6.67. The summed E-state index contributed by atoms with van der Waals surface area (Å²) >= 11 is 0. The van der Waals surface area contributed by atoms with Crippen LogP contribution < -0.4 is 9.64 Å². The Morgan fingerprint density at radius 1 is 0.500 bits per heavy atom. The fourth-order valence-electron chi connectivity index (χ4n) is 10.1. The van der Waals surface area contributed by atoms with Gasteiger partial charge in [-0.05, 0) is 76.9 Å². The molecule has 1 aromatic heterocycles. The van der Waals surface area contributed by atoms with Crippen LogP contribution in [-0.2, 0) is 5.41 Å². The lowest BCUT2D eigenvalue weighted by atomic mass is 9.66. The first-order valence-electron chi connectivity index (χ1n) is 19.5. The summed E-state index contributed by atoms with van der Waals surface area (Å²) in [6.07, 6.45) is 13.8. The third kappa shape index (κ3) is 4.23. The van der Waals surface area contributed by atoms with E-state index in [1.54, 1.807) is 0 Å². The monoisotopic (exact) mass is 716 g/mol. The van der Waals surface area contributed by atoms with Crippen molar-refractivity contribution in [1.82, 2.24) is 4.57 Å². The summed E-state index contributed by atoms with van der Waals surface area (Å²) < 4.78 is 9.79. The van der Waals surface area contributed by atoms with Gasteiger partial charge >= 0.3 is 0 Å². The third-order valence-electron chi connectivity index (χ3n) is 12.4. The maximum absolute atomic E-state index is 7.28. The van der Waals surface area contributed by atoms with Crippen molar-refractivity contribution in [2.75, 3.05) is 4.90 Å². The minimum Gasteiger partial charge on any atom is -0.454 e. The molecular weight excluding hydrogens is 681 g/mol. The van der Waals surface area contributed by atoms with Crippen LogP contribution in [0.5, 0.6) is 11.5 Å². The number of fused-ring (bicyclic) bond motifs is 15. The molecule has 0 radical (unpaired) electrons. The van der Waals surface area contributed by atoms with E-state index in [0.717, 1.165) is 39.8 Å². The second-order valence-electron chi connectivity index (χ2n) is 15.2. The Morgan fingerprint density at radius 2 is 1.09 bits per heavy atom. The van der Waals surface area contributed by atoms with Gasteiger partial charge in [0.1, 0.15) is 5.75 Å². The Morgan fingerprint density at radius 3 is 1.79 bits per heavy atom. The van der Waals surface area contributed by atoms with Gasteiger partial charge in [-0.3, -0.25) is 0 Å². The van der Waals surface area contributed by atoms with E-state index in [0.29, 0.717) is 0 Å². The van der Waals surface area contributed by atoms with E-state index in [4.69, 9.17) is 4.74 Å². The summed E-state index contributed by atoms with van der Waals surface area (Å²) in [5.41, 5.74) is 15.1. The highest BCUT2D eigenvalue weighted by molar-refractivity contribution is 6.01. The van der Waals surface area contributed by atoms with Crippen molar-refractivity contribution in [3.8, 4) is 28.3 Å². The number of benzene rings is 7. The summed E-state index contributed by atoms with van der Waals surface area (Å²) in [5.74, 6) is 2.28. The summed E-state index contributed by atoms with van der Waals surface area (Å²) in [4.78, 5) is 2.32. The molecule has 2 atom stereocenters. The van der Waals surface area contributed by atoms with Crippen molar-refractivity contribution >= 4 is 34.0 Å². The number of hydrogen-bond acceptors (Lipinski definition) is 2. The molecule has 0 bridgehead atoms.